The molecule has 0 aromatic rings. The zero-order valence-electron chi connectivity index (χ0n) is 50.7. The summed E-state index contributed by atoms with van der Waals surface area (Å²) in [7, 11) is 0. The Kier molecular flexibility index (Phi) is 41.0. The largest absolute Gasteiger partial charge is 0.543 e. The number of hydrogen-bond acceptors (Lipinski definition) is 27. The van der Waals surface area contributed by atoms with Crippen LogP contribution in [0.1, 0.15) is 197 Å². The fourth-order valence-electron chi connectivity index (χ4n) is 9.75. The van der Waals surface area contributed by atoms with Crippen LogP contribution in [0.15, 0.2) is 0 Å². The molecule has 1 atom stereocenters. The summed E-state index contributed by atoms with van der Waals surface area (Å²) in [4.78, 5) is 56.2. The summed E-state index contributed by atoms with van der Waals surface area (Å²) in [5.41, 5.74) is -2.96. The molecule has 2 aliphatic heterocycles. The molecule has 87 heavy (non-hydrogen) atoms. The second-order valence-corrected chi connectivity index (χ2v) is 21.7. The third kappa shape index (κ3) is 37.7. The number of nitrogens with zero attached hydrogens (tertiary/aromatic N) is 2. The standard InChI is InChI=1S/C60H78N2O25/c1-11-13-15-17-19-21-23-25-27-29-31-33-35-37-39-41-43-54(63)69-51-45-57(3,4)61(58(5,6)46-51)67-49-53(71-56(65)72-74-76-78-80-82-84-86-87-85-83-81-79-77-75-73-66)50-68-62-59(7,8)47-52(48-60(62,9)10)70-55(64)44-42-40-38-36-34-32-30-28-26-24-22-20-18-16-14-12-2/h1,51-53,66H,12,14,16,18,20,22,24,26,28,30,32,34,36,38,40,42,44-50H2,2-10H3. The van der Waals surface area contributed by atoms with Gasteiger partial charge in [0.1, 0.15) is 25.4 Å². The third-order valence-corrected chi connectivity index (χ3v) is 12.6. The van der Waals surface area contributed by atoms with E-state index in [4.69, 9.17) is 35.6 Å². The molecule has 0 aliphatic carbocycles. The van der Waals surface area contributed by atoms with E-state index < -0.39 is 46.5 Å². The fourth-order valence-corrected chi connectivity index (χ4v) is 9.75. The van der Waals surface area contributed by atoms with Crippen molar-refractivity contribution in [2.75, 3.05) is 13.2 Å². The minimum Gasteiger partial charge on any atom is -0.462 e. The van der Waals surface area contributed by atoms with Crippen molar-refractivity contribution < 1.29 is 124 Å². The van der Waals surface area contributed by atoms with Gasteiger partial charge in [0.15, 0.2) is 6.10 Å². The summed E-state index contributed by atoms with van der Waals surface area (Å²) in [6, 6.07) is 0. The number of unbranched alkanes of at least 4 members (excludes halogenated alkanes) is 15. The van der Waals surface area contributed by atoms with Gasteiger partial charge in [-0.2, -0.15) is 10.1 Å². The van der Waals surface area contributed by atoms with E-state index >= 15 is 0 Å². The maximum Gasteiger partial charge on any atom is 0.543 e. The van der Waals surface area contributed by atoms with Crippen molar-refractivity contribution in [3.8, 4) is 107 Å². The van der Waals surface area contributed by atoms with Crippen LogP contribution in [0.3, 0.4) is 0 Å². The molecule has 0 aromatic carbocycles. The van der Waals surface area contributed by atoms with Gasteiger partial charge in [0.2, 0.25) is 0 Å². The number of ether oxygens (including phenoxy) is 3. The first-order chi connectivity index (χ1) is 41.9. The maximum atomic E-state index is 13.1. The van der Waals surface area contributed by atoms with E-state index in [1.807, 2.05) is 55.4 Å². The molecule has 1 unspecified atom stereocenters. The smallest absolute Gasteiger partial charge is 0.462 e. The van der Waals surface area contributed by atoms with E-state index in [0.717, 1.165) is 19.3 Å². The van der Waals surface area contributed by atoms with Gasteiger partial charge in [-0.3, -0.25) is 14.5 Å². The molecule has 27 nitrogen and oxygen atoms in total. The minimum absolute atomic E-state index is 0.230. The predicted octanol–water partition coefficient (Wildman–Crippen LogP) is 9.26. The first-order valence-electron chi connectivity index (χ1n) is 28.1. The number of carbonyl (C=O) groups is 3. The predicted molar refractivity (Wildman–Crippen MR) is 296 cm³/mol. The molecule has 0 spiro atoms. The van der Waals surface area contributed by atoms with E-state index in [-0.39, 0.29) is 25.3 Å². The molecule has 2 rings (SSSR count). The topological polar surface area (TPSA) is 272 Å². The van der Waals surface area contributed by atoms with Crippen LogP contribution in [0.25, 0.3) is 0 Å². The Morgan fingerprint density at radius 1 is 0.448 bits per heavy atom. The second-order valence-electron chi connectivity index (χ2n) is 21.7. The Hall–Kier alpha value is -6.55. The molecular weight excluding hydrogens is 1150 g/mol. The van der Waals surface area contributed by atoms with Gasteiger partial charge in [-0.15, -0.1) is 6.42 Å². The highest BCUT2D eigenvalue weighted by Crippen LogP contribution is 2.42. The molecular formula is C60H78N2O25. The van der Waals surface area contributed by atoms with Gasteiger partial charge in [0.05, 0.1) is 0 Å². The average molecular weight is 1230 g/mol. The number of esters is 2. The van der Waals surface area contributed by atoms with Crippen LogP contribution in [-0.2, 0) is 114 Å². The third-order valence-electron chi connectivity index (χ3n) is 12.6. The first-order valence-corrected chi connectivity index (χ1v) is 28.1. The highest BCUT2D eigenvalue weighted by molar-refractivity contribution is 5.89. The van der Waals surface area contributed by atoms with Crippen molar-refractivity contribution in [1.82, 2.24) is 10.1 Å². The van der Waals surface area contributed by atoms with Gasteiger partial charge < -0.3 is 14.2 Å². The number of hydrogen-bond donors (Lipinski definition) is 1. The Morgan fingerprint density at radius 3 is 1.14 bits per heavy atom. The number of piperidine rings is 2. The van der Waals surface area contributed by atoms with Crippen LogP contribution < -0.4 is 0 Å². The summed E-state index contributed by atoms with van der Waals surface area (Å²) in [5.74, 6) is 40.3. The number of carbonyl (C=O) groups excluding carboxylic acids is 3. The second kappa shape index (κ2) is 46.6. The van der Waals surface area contributed by atoms with Crippen LogP contribution in [0.5, 0.6) is 0 Å². The SMILES string of the molecule is C#CC#CC#CC#CC#CC#CC#CC#CC#CC(=O)OC1CC(C)(C)N(OCC(CON2C(C)(C)CC(OC(=O)CCCCCCCCCCCCCCCCCC)CC2(C)C)OC(=O)OOOOOOOOOOOOOOOOO)C(C)(C)C1. The zero-order valence-corrected chi connectivity index (χ0v) is 50.7. The van der Waals surface area contributed by atoms with Crippen molar-refractivity contribution in [1.29, 1.82) is 0 Å². The molecule has 27 heteroatoms. The summed E-state index contributed by atoms with van der Waals surface area (Å²) >= 11 is 0. The van der Waals surface area contributed by atoms with Crippen LogP contribution in [-0.4, -0.2) is 87.2 Å². The Bertz CT molecular complexity index is 2580. The maximum absolute atomic E-state index is 13.1. The lowest BCUT2D eigenvalue weighted by atomic mass is 9.80. The van der Waals surface area contributed by atoms with E-state index in [1.54, 1.807) is 10.1 Å². The minimum atomic E-state index is -1.46. The molecule has 2 fully saturated rings. The van der Waals surface area contributed by atoms with Crippen LogP contribution in [0.2, 0.25) is 0 Å². The van der Waals surface area contributed by atoms with Gasteiger partial charge in [-0.25, -0.2) is 19.7 Å². The van der Waals surface area contributed by atoms with Gasteiger partial charge in [0, 0.05) is 100 Å². The van der Waals surface area contributed by atoms with Gasteiger partial charge in [-0.05, 0) is 192 Å². The molecule has 0 radical (unpaired) electrons. The molecule has 2 saturated heterocycles. The van der Waals surface area contributed by atoms with Crippen molar-refractivity contribution >= 4 is 18.1 Å². The Labute approximate surface area is 508 Å². The number of hydroxylamine groups is 4. The normalized spacial score (nSPS) is 15.8. The lowest BCUT2D eigenvalue weighted by molar-refractivity contribution is -0.886. The quantitative estimate of drug-likeness (QED) is 0.0114. The Balaban J connectivity index is 1.99. The van der Waals surface area contributed by atoms with Crippen molar-refractivity contribution in [2.45, 2.75) is 238 Å². The summed E-state index contributed by atoms with van der Waals surface area (Å²) in [6.07, 6.45) is 23.1. The molecule has 2 aliphatic rings. The van der Waals surface area contributed by atoms with Crippen LogP contribution in [0.4, 0.5) is 4.79 Å². The fraction of sp³-hybridized carbons (Fsp3) is 0.650. The van der Waals surface area contributed by atoms with E-state index in [1.165, 1.54) is 83.5 Å². The van der Waals surface area contributed by atoms with Gasteiger partial charge in [-0.1, -0.05) is 103 Å². The highest BCUT2D eigenvalue weighted by Gasteiger charge is 2.50. The number of rotatable bonds is 41. The molecule has 0 amide bonds. The van der Waals surface area contributed by atoms with E-state index in [0.29, 0.717) is 32.1 Å². The summed E-state index contributed by atoms with van der Waals surface area (Å²) in [5, 5.41) is 66.5. The lowest BCUT2D eigenvalue weighted by Gasteiger charge is -2.54. The molecule has 0 bridgehead atoms. The van der Waals surface area contributed by atoms with Gasteiger partial charge in [0.25, 0.3) is 0 Å². The molecule has 1 N–H and O–H groups in total. The molecule has 478 valence electrons. The summed E-state index contributed by atoms with van der Waals surface area (Å²) in [6.45, 7) is 17.0. The first kappa shape index (κ1) is 76.5. The van der Waals surface area contributed by atoms with E-state index in [2.05, 4.69) is 188 Å². The molecule has 0 saturated carbocycles. The highest BCUT2D eigenvalue weighted by atomic mass is 18.0. The van der Waals surface area contributed by atoms with Crippen LogP contribution >= 0.6 is 0 Å². The lowest BCUT2D eigenvalue weighted by Crippen LogP contribution is -2.63. The van der Waals surface area contributed by atoms with Crippen molar-refractivity contribution in [2.24, 2.45) is 0 Å². The number of terminal acetylenes is 1. The van der Waals surface area contributed by atoms with Crippen LogP contribution in [0, 0.1) is 107 Å². The van der Waals surface area contributed by atoms with Crippen molar-refractivity contribution in [3.63, 3.8) is 0 Å². The summed E-state index contributed by atoms with van der Waals surface area (Å²) < 4.78 is 17.3. The van der Waals surface area contributed by atoms with Gasteiger partial charge >= 0.3 is 18.1 Å². The molecule has 0 aromatic heterocycles. The molecule has 2 heterocycles. The monoisotopic (exact) mass is 1230 g/mol. The zero-order chi connectivity index (χ0) is 63.8. The average Bonchev–Trinajstić information content (AvgIpc) is 0.985. The van der Waals surface area contributed by atoms with E-state index in [9.17, 15) is 14.4 Å². The Morgan fingerprint density at radius 2 is 0.770 bits per heavy atom. The van der Waals surface area contributed by atoms with Crippen molar-refractivity contribution in [3.05, 3.63) is 0 Å².